The average Bonchev–Trinajstić information content (AvgIpc) is 3.37. The topological polar surface area (TPSA) is 44.5 Å². The summed E-state index contributed by atoms with van der Waals surface area (Å²) >= 11 is 0. The predicted octanol–water partition coefficient (Wildman–Crippen LogP) is 4.50. The highest BCUT2D eigenvalue weighted by atomic mass is 35.5. The molecule has 124 valence electrons. The molecular weight excluding hydrogens is 310 g/mol. The molecule has 1 aliphatic carbocycles. The van der Waals surface area contributed by atoms with Crippen LogP contribution in [-0.4, -0.2) is 7.11 Å². The quantitative estimate of drug-likeness (QED) is 0.811. The van der Waals surface area contributed by atoms with E-state index in [-0.39, 0.29) is 18.4 Å². The molecule has 1 fully saturated rings. The molecule has 0 radical (unpaired) electrons. The first-order valence-corrected chi connectivity index (χ1v) is 7.86. The molecule has 0 saturated heterocycles. The third-order valence-corrected chi connectivity index (χ3v) is 4.14. The van der Waals surface area contributed by atoms with Crippen molar-refractivity contribution in [3.05, 3.63) is 59.7 Å². The molecule has 23 heavy (non-hydrogen) atoms. The SMILES string of the molecule is COc1ccc([C@@H](N)CC2CC2)cc1OCc1ccccc1.Cl. The van der Waals surface area contributed by atoms with Crippen LogP contribution in [0.5, 0.6) is 11.5 Å². The number of ether oxygens (including phenoxy) is 2. The third kappa shape index (κ3) is 4.88. The van der Waals surface area contributed by atoms with E-state index < -0.39 is 0 Å². The van der Waals surface area contributed by atoms with Crippen molar-refractivity contribution in [3.63, 3.8) is 0 Å². The second-order valence-electron chi connectivity index (χ2n) is 5.97. The fourth-order valence-electron chi connectivity index (χ4n) is 2.62. The zero-order valence-corrected chi connectivity index (χ0v) is 14.2. The summed E-state index contributed by atoms with van der Waals surface area (Å²) in [4.78, 5) is 0. The van der Waals surface area contributed by atoms with Gasteiger partial charge in [0.05, 0.1) is 7.11 Å². The lowest BCUT2D eigenvalue weighted by molar-refractivity contribution is 0.284. The number of hydrogen-bond acceptors (Lipinski definition) is 3. The van der Waals surface area contributed by atoms with Crippen LogP contribution in [0.25, 0.3) is 0 Å². The van der Waals surface area contributed by atoms with Gasteiger partial charge in [-0.25, -0.2) is 0 Å². The summed E-state index contributed by atoms with van der Waals surface area (Å²) in [5.41, 5.74) is 8.56. The van der Waals surface area contributed by atoms with Gasteiger partial charge in [0, 0.05) is 6.04 Å². The summed E-state index contributed by atoms with van der Waals surface area (Å²) in [6.07, 6.45) is 3.70. The Labute approximate surface area is 144 Å². The van der Waals surface area contributed by atoms with E-state index in [0.717, 1.165) is 35.0 Å². The Morgan fingerprint density at radius 1 is 1.09 bits per heavy atom. The van der Waals surface area contributed by atoms with E-state index in [1.165, 1.54) is 12.8 Å². The van der Waals surface area contributed by atoms with E-state index in [1.807, 2.05) is 36.4 Å². The smallest absolute Gasteiger partial charge is 0.161 e. The van der Waals surface area contributed by atoms with E-state index >= 15 is 0 Å². The second kappa shape index (κ2) is 8.23. The summed E-state index contributed by atoms with van der Waals surface area (Å²) in [6.45, 7) is 0.526. The summed E-state index contributed by atoms with van der Waals surface area (Å²) in [5, 5.41) is 0. The first-order chi connectivity index (χ1) is 10.8. The van der Waals surface area contributed by atoms with Crippen molar-refractivity contribution in [2.75, 3.05) is 7.11 Å². The highest BCUT2D eigenvalue weighted by Crippen LogP contribution is 2.38. The van der Waals surface area contributed by atoms with Gasteiger partial charge in [-0.15, -0.1) is 12.4 Å². The zero-order chi connectivity index (χ0) is 15.4. The van der Waals surface area contributed by atoms with Crippen LogP contribution in [0.1, 0.15) is 36.4 Å². The molecular formula is C19H24ClNO2. The molecule has 2 aromatic carbocycles. The molecule has 3 nitrogen and oxygen atoms in total. The molecule has 0 spiro atoms. The van der Waals surface area contributed by atoms with Gasteiger partial charge in [0.1, 0.15) is 6.61 Å². The molecule has 2 N–H and O–H groups in total. The van der Waals surface area contributed by atoms with Crippen LogP contribution < -0.4 is 15.2 Å². The monoisotopic (exact) mass is 333 g/mol. The minimum absolute atomic E-state index is 0. The molecule has 0 heterocycles. The van der Waals surface area contributed by atoms with Crippen LogP contribution in [0.3, 0.4) is 0 Å². The van der Waals surface area contributed by atoms with E-state index in [9.17, 15) is 0 Å². The van der Waals surface area contributed by atoms with Gasteiger partial charge in [0.15, 0.2) is 11.5 Å². The maximum absolute atomic E-state index is 6.31. The van der Waals surface area contributed by atoms with Gasteiger partial charge in [0.2, 0.25) is 0 Å². The number of halogens is 1. The first kappa shape index (κ1) is 17.6. The van der Waals surface area contributed by atoms with Gasteiger partial charge in [-0.3, -0.25) is 0 Å². The zero-order valence-electron chi connectivity index (χ0n) is 13.4. The minimum atomic E-state index is 0. The maximum atomic E-state index is 6.31. The second-order valence-corrected chi connectivity index (χ2v) is 5.97. The van der Waals surface area contributed by atoms with Gasteiger partial charge < -0.3 is 15.2 Å². The summed E-state index contributed by atoms with van der Waals surface area (Å²) in [7, 11) is 1.66. The number of benzene rings is 2. The molecule has 0 amide bonds. The van der Waals surface area contributed by atoms with Crippen molar-refractivity contribution in [3.8, 4) is 11.5 Å². The molecule has 1 atom stereocenters. The lowest BCUT2D eigenvalue weighted by atomic mass is 10.0. The van der Waals surface area contributed by atoms with Crippen LogP contribution in [0.4, 0.5) is 0 Å². The Morgan fingerprint density at radius 3 is 2.48 bits per heavy atom. The summed E-state index contributed by atoms with van der Waals surface area (Å²) < 4.78 is 11.3. The Hall–Kier alpha value is -1.71. The van der Waals surface area contributed by atoms with Crippen LogP contribution in [-0.2, 0) is 6.61 Å². The average molecular weight is 334 g/mol. The summed E-state index contributed by atoms with van der Waals surface area (Å²) in [6, 6.07) is 16.2. The molecule has 0 aliphatic heterocycles. The van der Waals surface area contributed by atoms with Gasteiger partial charge in [-0.2, -0.15) is 0 Å². The van der Waals surface area contributed by atoms with E-state index in [0.29, 0.717) is 6.61 Å². The fourth-order valence-corrected chi connectivity index (χ4v) is 2.62. The Bertz CT molecular complexity index is 614. The summed E-state index contributed by atoms with van der Waals surface area (Å²) in [5.74, 6) is 2.32. The highest BCUT2D eigenvalue weighted by molar-refractivity contribution is 5.85. The van der Waals surface area contributed by atoms with Crippen molar-refractivity contribution in [1.82, 2.24) is 0 Å². The predicted molar refractivity (Wildman–Crippen MR) is 95.3 cm³/mol. The lowest BCUT2D eigenvalue weighted by Gasteiger charge is -2.16. The molecule has 4 heteroatoms. The van der Waals surface area contributed by atoms with Crippen molar-refractivity contribution in [1.29, 1.82) is 0 Å². The van der Waals surface area contributed by atoms with Gasteiger partial charge in [0.25, 0.3) is 0 Å². The van der Waals surface area contributed by atoms with Crippen LogP contribution in [0.15, 0.2) is 48.5 Å². The maximum Gasteiger partial charge on any atom is 0.161 e. The fraction of sp³-hybridized carbons (Fsp3) is 0.368. The van der Waals surface area contributed by atoms with E-state index in [4.69, 9.17) is 15.2 Å². The van der Waals surface area contributed by atoms with E-state index in [1.54, 1.807) is 7.11 Å². The Kier molecular flexibility index (Phi) is 6.31. The van der Waals surface area contributed by atoms with Crippen molar-refractivity contribution in [2.24, 2.45) is 11.7 Å². The number of rotatable bonds is 7. The largest absolute Gasteiger partial charge is 0.493 e. The normalized spacial score (nSPS) is 14.7. The third-order valence-electron chi connectivity index (χ3n) is 4.14. The molecule has 3 rings (SSSR count). The minimum Gasteiger partial charge on any atom is -0.493 e. The molecule has 0 bridgehead atoms. The number of methoxy groups -OCH3 is 1. The lowest BCUT2D eigenvalue weighted by Crippen LogP contribution is -2.11. The number of nitrogens with two attached hydrogens (primary N) is 1. The molecule has 0 unspecified atom stereocenters. The van der Waals surface area contributed by atoms with Gasteiger partial charge in [-0.1, -0.05) is 49.2 Å². The Balaban J connectivity index is 0.00000192. The molecule has 1 saturated carbocycles. The molecule has 0 aromatic heterocycles. The van der Waals surface area contributed by atoms with Crippen molar-refractivity contribution < 1.29 is 9.47 Å². The van der Waals surface area contributed by atoms with E-state index in [2.05, 4.69) is 12.1 Å². The van der Waals surface area contributed by atoms with Crippen LogP contribution in [0.2, 0.25) is 0 Å². The van der Waals surface area contributed by atoms with Crippen LogP contribution in [0, 0.1) is 5.92 Å². The molecule has 2 aromatic rings. The van der Waals surface area contributed by atoms with Crippen LogP contribution >= 0.6 is 12.4 Å². The highest BCUT2D eigenvalue weighted by Gasteiger charge is 2.24. The Morgan fingerprint density at radius 2 is 1.83 bits per heavy atom. The van der Waals surface area contributed by atoms with Gasteiger partial charge >= 0.3 is 0 Å². The first-order valence-electron chi connectivity index (χ1n) is 7.86. The molecule has 1 aliphatic rings. The van der Waals surface area contributed by atoms with Crippen molar-refractivity contribution in [2.45, 2.75) is 31.9 Å². The van der Waals surface area contributed by atoms with Gasteiger partial charge in [-0.05, 0) is 35.6 Å². The number of hydrogen-bond donors (Lipinski definition) is 1. The standard InChI is InChI=1S/C19H23NO2.ClH/c1-21-18-10-9-16(17(20)11-14-7-8-14)12-19(18)22-13-15-5-3-2-4-6-15;/h2-6,9-10,12,14,17H,7-8,11,13,20H2,1H3;1H/t17-;/m0./s1. The van der Waals surface area contributed by atoms with Crippen molar-refractivity contribution >= 4 is 12.4 Å².